The fourth-order valence-electron chi connectivity index (χ4n) is 2.83. The molecule has 19 heavy (non-hydrogen) atoms. The molecule has 1 aliphatic rings. The number of piperidine rings is 1. The van der Waals surface area contributed by atoms with E-state index < -0.39 is 0 Å². The molecule has 0 radical (unpaired) electrons. The molecule has 1 fully saturated rings. The van der Waals surface area contributed by atoms with Crippen molar-refractivity contribution < 1.29 is 14.6 Å². The molecule has 0 aliphatic carbocycles. The highest BCUT2D eigenvalue weighted by Crippen LogP contribution is 2.28. The summed E-state index contributed by atoms with van der Waals surface area (Å²) in [5.41, 5.74) is 0.514. The fraction of sp³-hybridized carbons (Fsp3) is 0.533. The summed E-state index contributed by atoms with van der Waals surface area (Å²) in [5.74, 6) is 1.43. The van der Waals surface area contributed by atoms with E-state index in [-0.39, 0.29) is 11.7 Å². The van der Waals surface area contributed by atoms with Gasteiger partial charge in [0.25, 0.3) is 5.91 Å². The van der Waals surface area contributed by atoms with Crippen LogP contribution >= 0.6 is 0 Å². The SMILES string of the molecule is COc1ccc(C(=O)N2CC(C)CC(C)C2)cc1O. The van der Waals surface area contributed by atoms with Gasteiger partial charge in [-0.1, -0.05) is 13.8 Å². The van der Waals surface area contributed by atoms with Crippen LogP contribution in [-0.2, 0) is 0 Å². The number of amides is 1. The average molecular weight is 263 g/mol. The molecule has 1 amide bonds. The van der Waals surface area contributed by atoms with Gasteiger partial charge < -0.3 is 14.7 Å². The second-order valence-electron chi connectivity index (χ2n) is 5.54. The van der Waals surface area contributed by atoms with E-state index in [9.17, 15) is 9.90 Å². The number of phenolic OH excluding ortho intramolecular Hbond substituents is 1. The van der Waals surface area contributed by atoms with E-state index in [4.69, 9.17) is 4.74 Å². The Balaban J connectivity index is 2.17. The van der Waals surface area contributed by atoms with Gasteiger partial charge in [0.2, 0.25) is 0 Å². The molecular weight excluding hydrogens is 242 g/mol. The third-order valence-electron chi connectivity index (χ3n) is 3.58. The van der Waals surface area contributed by atoms with Crippen molar-refractivity contribution in [2.75, 3.05) is 20.2 Å². The molecule has 0 bridgehead atoms. The Hall–Kier alpha value is -1.71. The summed E-state index contributed by atoms with van der Waals surface area (Å²) in [5, 5.41) is 9.75. The lowest BCUT2D eigenvalue weighted by Crippen LogP contribution is -2.42. The molecule has 2 unspecified atom stereocenters. The van der Waals surface area contributed by atoms with Crippen LogP contribution in [0.3, 0.4) is 0 Å². The number of aromatic hydroxyl groups is 1. The molecule has 1 aliphatic heterocycles. The summed E-state index contributed by atoms with van der Waals surface area (Å²) >= 11 is 0. The van der Waals surface area contributed by atoms with Crippen molar-refractivity contribution in [3.05, 3.63) is 23.8 Å². The standard InChI is InChI=1S/C15H21NO3/c1-10-6-11(2)9-16(8-10)15(18)12-4-5-14(19-3)13(17)7-12/h4-5,7,10-11,17H,6,8-9H2,1-3H3. The van der Waals surface area contributed by atoms with Gasteiger partial charge in [0.1, 0.15) is 0 Å². The molecule has 104 valence electrons. The van der Waals surface area contributed by atoms with E-state index in [2.05, 4.69) is 13.8 Å². The molecule has 1 N–H and O–H groups in total. The predicted octanol–water partition coefficient (Wildman–Crippen LogP) is 2.52. The van der Waals surface area contributed by atoms with Crippen molar-refractivity contribution >= 4 is 5.91 Å². The molecule has 0 spiro atoms. The van der Waals surface area contributed by atoms with Crippen LogP contribution in [0.1, 0.15) is 30.6 Å². The fourth-order valence-corrected chi connectivity index (χ4v) is 2.83. The zero-order valence-electron chi connectivity index (χ0n) is 11.7. The first kappa shape index (κ1) is 13.7. The largest absolute Gasteiger partial charge is 0.504 e. The number of phenols is 1. The molecule has 1 aromatic carbocycles. The lowest BCUT2D eigenvalue weighted by Gasteiger charge is -2.35. The number of hydrogen-bond acceptors (Lipinski definition) is 3. The summed E-state index contributed by atoms with van der Waals surface area (Å²) in [6, 6.07) is 4.80. The van der Waals surface area contributed by atoms with E-state index in [1.165, 1.54) is 13.2 Å². The molecule has 2 atom stereocenters. The normalized spacial score (nSPS) is 23.2. The molecular formula is C15H21NO3. The monoisotopic (exact) mass is 263 g/mol. The summed E-state index contributed by atoms with van der Waals surface area (Å²) in [7, 11) is 1.49. The number of carbonyl (C=O) groups is 1. The molecule has 0 aromatic heterocycles. The summed E-state index contributed by atoms with van der Waals surface area (Å²) in [4.78, 5) is 14.3. The predicted molar refractivity (Wildman–Crippen MR) is 73.5 cm³/mol. The molecule has 4 heteroatoms. The molecule has 0 saturated carbocycles. The maximum absolute atomic E-state index is 12.4. The van der Waals surface area contributed by atoms with Crippen molar-refractivity contribution in [3.8, 4) is 11.5 Å². The first-order chi connectivity index (χ1) is 9.01. The Morgan fingerprint density at radius 2 is 1.95 bits per heavy atom. The van der Waals surface area contributed by atoms with E-state index in [0.717, 1.165) is 19.5 Å². The number of likely N-dealkylation sites (tertiary alicyclic amines) is 1. The van der Waals surface area contributed by atoms with Gasteiger partial charge >= 0.3 is 0 Å². The highest BCUT2D eigenvalue weighted by atomic mass is 16.5. The van der Waals surface area contributed by atoms with Gasteiger partial charge in [-0.25, -0.2) is 0 Å². The van der Waals surface area contributed by atoms with Crippen LogP contribution in [0.25, 0.3) is 0 Å². The van der Waals surface area contributed by atoms with Gasteiger partial charge in [-0.15, -0.1) is 0 Å². The van der Waals surface area contributed by atoms with Gasteiger partial charge in [-0.3, -0.25) is 4.79 Å². The maximum Gasteiger partial charge on any atom is 0.254 e. The second-order valence-corrected chi connectivity index (χ2v) is 5.54. The molecule has 1 saturated heterocycles. The first-order valence-electron chi connectivity index (χ1n) is 6.67. The van der Waals surface area contributed by atoms with Crippen molar-refractivity contribution in [1.29, 1.82) is 0 Å². The molecule has 1 aromatic rings. The number of ether oxygens (including phenoxy) is 1. The van der Waals surface area contributed by atoms with Crippen molar-refractivity contribution in [3.63, 3.8) is 0 Å². The zero-order chi connectivity index (χ0) is 14.0. The summed E-state index contributed by atoms with van der Waals surface area (Å²) < 4.78 is 4.98. The van der Waals surface area contributed by atoms with Gasteiger partial charge in [0, 0.05) is 18.7 Å². The third-order valence-corrected chi connectivity index (χ3v) is 3.58. The summed E-state index contributed by atoms with van der Waals surface area (Å²) in [6.07, 6.45) is 1.16. The molecule has 1 heterocycles. The zero-order valence-corrected chi connectivity index (χ0v) is 11.7. The number of rotatable bonds is 2. The van der Waals surface area contributed by atoms with Crippen LogP contribution in [0, 0.1) is 11.8 Å². The highest BCUT2D eigenvalue weighted by molar-refractivity contribution is 5.95. The Morgan fingerprint density at radius 3 is 2.47 bits per heavy atom. The van der Waals surface area contributed by atoms with Crippen LogP contribution in [0.2, 0.25) is 0 Å². The number of hydrogen-bond donors (Lipinski definition) is 1. The second kappa shape index (κ2) is 5.51. The Bertz CT molecular complexity index is 462. The minimum absolute atomic E-state index is 0.00598. The van der Waals surface area contributed by atoms with Gasteiger partial charge in [0.05, 0.1) is 7.11 Å². The van der Waals surface area contributed by atoms with E-state index in [0.29, 0.717) is 23.1 Å². The van der Waals surface area contributed by atoms with Crippen LogP contribution in [0.4, 0.5) is 0 Å². The summed E-state index contributed by atoms with van der Waals surface area (Å²) in [6.45, 7) is 5.91. The van der Waals surface area contributed by atoms with Gasteiger partial charge in [0.15, 0.2) is 11.5 Å². The Kier molecular flexibility index (Phi) is 3.98. The smallest absolute Gasteiger partial charge is 0.254 e. The van der Waals surface area contributed by atoms with E-state index in [1.807, 2.05) is 4.90 Å². The highest BCUT2D eigenvalue weighted by Gasteiger charge is 2.26. The van der Waals surface area contributed by atoms with Gasteiger partial charge in [-0.05, 0) is 36.5 Å². The average Bonchev–Trinajstić information content (AvgIpc) is 2.36. The first-order valence-corrected chi connectivity index (χ1v) is 6.67. The van der Waals surface area contributed by atoms with Crippen molar-refractivity contribution in [1.82, 2.24) is 4.90 Å². The number of nitrogens with zero attached hydrogens (tertiary/aromatic N) is 1. The number of carbonyl (C=O) groups excluding carboxylic acids is 1. The lowest BCUT2D eigenvalue weighted by molar-refractivity contribution is 0.0622. The van der Waals surface area contributed by atoms with Gasteiger partial charge in [-0.2, -0.15) is 0 Å². The quantitative estimate of drug-likeness (QED) is 0.892. The maximum atomic E-state index is 12.4. The topological polar surface area (TPSA) is 49.8 Å². The van der Waals surface area contributed by atoms with Crippen LogP contribution in [0.15, 0.2) is 18.2 Å². The van der Waals surface area contributed by atoms with Crippen LogP contribution in [-0.4, -0.2) is 36.1 Å². The van der Waals surface area contributed by atoms with E-state index >= 15 is 0 Å². The minimum atomic E-state index is -0.0173. The number of methoxy groups -OCH3 is 1. The minimum Gasteiger partial charge on any atom is -0.504 e. The number of benzene rings is 1. The Labute approximate surface area is 114 Å². The van der Waals surface area contributed by atoms with Crippen molar-refractivity contribution in [2.45, 2.75) is 20.3 Å². The van der Waals surface area contributed by atoms with Crippen molar-refractivity contribution in [2.24, 2.45) is 11.8 Å². The molecule has 2 rings (SSSR count). The van der Waals surface area contributed by atoms with Crippen LogP contribution < -0.4 is 4.74 Å². The van der Waals surface area contributed by atoms with E-state index in [1.54, 1.807) is 12.1 Å². The molecule has 4 nitrogen and oxygen atoms in total. The Morgan fingerprint density at radius 1 is 1.32 bits per heavy atom. The van der Waals surface area contributed by atoms with Crippen LogP contribution in [0.5, 0.6) is 11.5 Å². The lowest BCUT2D eigenvalue weighted by atomic mass is 9.91. The third kappa shape index (κ3) is 3.00.